The van der Waals surface area contributed by atoms with Gasteiger partial charge in [0.1, 0.15) is 17.3 Å². The molecule has 0 fully saturated rings. The summed E-state index contributed by atoms with van der Waals surface area (Å²) in [4.78, 5) is 14.0. The van der Waals surface area contributed by atoms with Crippen molar-refractivity contribution in [3.8, 4) is 11.5 Å². The third-order valence-corrected chi connectivity index (χ3v) is 3.81. The van der Waals surface area contributed by atoms with Crippen LogP contribution >= 0.6 is 0 Å². The first-order chi connectivity index (χ1) is 12.6. The minimum Gasteiger partial charge on any atom is -0.468 e. The zero-order chi connectivity index (χ0) is 18.4. The van der Waals surface area contributed by atoms with Gasteiger partial charge in [-0.15, -0.1) is 0 Å². The Hall–Kier alpha value is -3.05. The van der Waals surface area contributed by atoms with Gasteiger partial charge in [0, 0.05) is 5.69 Å². The van der Waals surface area contributed by atoms with Crippen LogP contribution in [0.3, 0.4) is 0 Å². The van der Waals surface area contributed by atoms with Crippen molar-refractivity contribution in [3.05, 3.63) is 78.3 Å². The number of nitrogens with one attached hydrogen (secondary N) is 1. The van der Waals surface area contributed by atoms with Gasteiger partial charge in [-0.05, 0) is 62.5 Å². The van der Waals surface area contributed by atoms with E-state index in [0.29, 0.717) is 6.54 Å². The van der Waals surface area contributed by atoms with E-state index in [9.17, 15) is 4.79 Å². The summed E-state index contributed by atoms with van der Waals surface area (Å²) >= 11 is 0. The third-order valence-electron chi connectivity index (χ3n) is 3.81. The highest BCUT2D eigenvalue weighted by Gasteiger charge is 2.09. The van der Waals surface area contributed by atoms with Crippen LogP contribution in [0.2, 0.25) is 0 Å². The second-order valence-electron chi connectivity index (χ2n) is 6.24. The van der Waals surface area contributed by atoms with E-state index in [0.717, 1.165) is 22.9 Å². The van der Waals surface area contributed by atoms with Crippen LogP contribution in [0, 0.1) is 6.92 Å². The standard InChI is InChI=1S/C21H22N2O3/c1-16-5-9-18(10-6-16)26-19-11-7-17(8-12-19)22-21(24)15-23(2)14-20-4-3-13-25-20/h3-13H,14-15H2,1-2H3,(H,22,24). The number of aryl methyl sites for hydroxylation is 1. The van der Waals surface area contributed by atoms with Crippen LogP contribution in [-0.4, -0.2) is 24.4 Å². The minimum absolute atomic E-state index is 0.0775. The van der Waals surface area contributed by atoms with Gasteiger partial charge < -0.3 is 14.5 Å². The van der Waals surface area contributed by atoms with Gasteiger partial charge in [-0.2, -0.15) is 0 Å². The summed E-state index contributed by atoms with van der Waals surface area (Å²) in [7, 11) is 1.88. The first-order valence-corrected chi connectivity index (χ1v) is 8.44. The normalized spacial score (nSPS) is 10.7. The van der Waals surface area contributed by atoms with E-state index in [1.54, 1.807) is 6.26 Å². The molecule has 0 saturated heterocycles. The molecule has 5 nitrogen and oxygen atoms in total. The smallest absolute Gasteiger partial charge is 0.238 e. The molecule has 134 valence electrons. The fourth-order valence-corrected chi connectivity index (χ4v) is 2.52. The molecule has 26 heavy (non-hydrogen) atoms. The fourth-order valence-electron chi connectivity index (χ4n) is 2.52. The van der Waals surface area contributed by atoms with Crippen molar-refractivity contribution in [2.24, 2.45) is 0 Å². The van der Waals surface area contributed by atoms with E-state index in [-0.39, 0.29) is 12.5 Å². The summed E-state index contributed by atoms with van der Waals surface area (Å²) in [6, 6.07) is 18.9. The van der Waals surface area contributed by atoms with Crippen molar-refractivity contribution >= 4 is 11.6 Å². The predicted octanol–water partition coefficient (Wildman–Crippen LogP) is 4.45. The Morgan fingerprint density at radius 3 is 2.31 bits per heavy atom. The maximum absolute atomic E-state index is 12.1. The number of likely N-dealkylation sites (N-methyl/N-ethyl adjacent to an activating group) is 1. The Labute approximate surface area is 153 Å². The van der Waals surface area contributed by atoms with E-state index < -0.39 is 0 Å². The van der Waals surface area contributed by atoms with Crippen LogP contribution in [0.5, 0.6) is 11.5 Å². The molecule has 0 unspecified atom stereocenters. The summed E-state index contributed by atoms with van der Waals surface area (Å²) in [5.74, 6) is 2.26. The number of benzene rings is 2. The summed E-state index contributed by atoms with van der Waals surface area (Å²) in [6.45, 7) is 2.90. The number of rotatable bonds is 7. The van der Waals surface area contributed by atoms with Crippen molar-refractivity contribution in [1.29, 1.82) is 0 Å². The van der Waals surface area contributed by atoms with Crippen molar-refractivity contribution in [3.63, 3.8) is 0 Å². The maximum atomic E-state index is 12.1. The number of hydrogen-bond acceptors (Lipinski definition) is 4. The average molecular weight is 350 g/mol. The van der Waals surface area contributed by atoms with Crippen LogP contribution in [0.4, 0.5) is 5.69 Å². The van der Waals surface area contributed by atoms with Gasteiger partial charge in [-0.1, -0.05) is 17.7 Å². The molecule has 0 radical (unpaired) electrons. The minimum atomic E-state index is -0.0775. The molecule has 3 aromatic rings. The van der Waals surface area contributed by atoms with Gasteiger partial charge >= 0.3 is 0 Å². The van der Waals surface area contributed by atoms with E-state index in [4.69, 9.17) is 9.15 Å². The molecule has 1 N–H and O–H groups in total. The van der Waals surface area contributed by atoms with Crippen LogP contribution < -0.4 is 10.1 Å². The van der Waals surface area contributed by atoms with Gasteiger partial charge in [0.2, 0.25) is 5.91 Å². The maximum Gasteiger partial charge on any atom is 0.238 e. The number of ether oxygens (including phenoxy) is 1. The number of carbonyl (C=O) groups excluding carboxylic acids is 1. The van der Waals surface area contributed by atoms with Gasteiger partial charge in [0.25, 0.3) is 0 Å². The van der Waals surface area contributed by atoms with E-state index >= 15 is 0 Å². The van der Waals surface area contributed by atoms with Crippen LogP contribution in [0.15, 0.2) is 71.3 Å². The molecule has 0 aliphatic heterocycles. The second kappa shape index (κ2) is 8.36. The lowest BCUT2D eigenvalue weighted by atomic mass is 10.2. The SMILES string of the molecule is Cc1ccc(Oc2ccc(NC(=O)CN(C)Cc3ccco3)cc2)cc1. The Morgan fingerprint density at radius 2 is 1.69 bits per heavy atom. The number of carbonyl (C=O) groups is 1. The average Bonchev–Trinajstić information content (AvgIpc) is 3.11. The largest absolute Gasteiger partial charge is 0.468 e. The Morgan fingerprint density at radius 1 is 1.04 bits per heavy atom. The van der Waals surface area contributed by atoms with Gasteiger partial charge in [-0.3, -0.25) is 9.69 Å². The molecule has 0 aliphatic rings. The van der Waals surface area contributed by atoms with Crippen LogP contribution in [-0.2, 0) is 11.3 Å². The lowest BCUT2D eigenvalue weighted by Gasteiger charge is -2.15. The highest BCUT2D eigenvalue weighted by molar-refractivity contribution is 5.92. The molecular weight excluding hydrogens is 328 g/mol. The van der Waals surface area contributed by atoms with Crippen molar-refractivity contribution < 1.29 is 13.9 Å². The topological polar surface area (TPSA) is 54.7 Å². The first kappa shape index (κ1) is 17.8. The summed E-state index contributed by atoms with van der Waals surface area (Å²) in [5.41, 5.74) is 1.92. The molecule has 0 bridgehead atoms. The predicted molar refractivity (Wildman–Crippen MR) is 101 cm³/mol. The Kier molecular flexibility index (Phi) is 5.71. The van der Waals surface area contributed by atoms with Crippen LogP contribution in [0.25, 0.3) is 0 Å². The second-order valence-corrected chi connectivity index (χ2v) is 6.24. The first-order valence-electron chi connectivity index (χ1n) is 8.44. The lowest BCUT2D eigenvalue weighted by Crippen LogP contribution is -2.29. The number of nitrogens with zero attached hydrogens (tertiary/aromatic N) is 1. The van der Waals surface area contributed by atoms with Gasteiger partial charge in [0.15, 0.2) is 0 Å². The van der Waals surface area contributed by atoms with E-state index in [1.165, 1.54) is 5.56 Å². The zero-order valence-corrected chi connectivity index (χ0v) is 14.9. The number of amides is 1. The quantitative estimate of drug-likeness (QED) is 0.684. The summed E-state index contributed by atoms with van der Waals surface area (Å²) in [5, 5.41) is 2.88. The molecule has 0 aliphatic carbocycles. The van der Waals surface area contributed by atoms with E-state index in [2.05, 4.69) is 5.32 Å². The highest BCUT2D eigenvalue weighted by Crippen LogP contribution is 2.23. The zero-order valence-electron chi connectivity index (χ0n) is 14.9. The highest BCUT2D eigenvalue weighted by atomic mass is 16.5. The molecule has 2 aromatic carbocycles. The molecule has 1 amide bonds. The number of hydrogen-bond donors (Lipinski definition) is 1. The third kappa shape index (κ3) is 5.22. The van der Waals surface area contributed by atoms with Crippen molar-refractivity contribution in [2.45, 2.75) is 13.5 Å². The van der Waals surface area contributed by atoms with Crippen molar-refractivity contribution in [2.75, 3.05) is 18.9 Å². The van der Waals surface area contributed by atoms with Crippen molar-refractivity contribution in [1.82, 2.24) is 4.90 Å². The Bertz CT molecular complexity index is 825. The monoisotopic (exact) mass is 350 g/mol. The molecule has 1 heterocycles. The number of furan rings is 1. The Balaban J connectivity index is 1.50. The lowest BCUT2D eigenvalue weighted by molar-refractivity contribution is -0.117. The summed E-state index contributed by atoms with van der Waals surface area (Å²) < 4.78 is 11.1. The molecule has 0 atom stereocenters. The molecule has 0 spiro atoms. The molecule has 3 rings (SSSR count). The molecule has 5 heteroatoms. The fraction of sp³-hybridized carbons (Fsp3) is 0.190. The molecular formula is C21H22N2O3. The number of anilines is 1. The summed E-state index contributed by atoms with van der Waals surface area (Å²) in [6.07, 6.45) is 1.63. The molecule has 1 aromatic heterocycles. The molecule has 0 saturated carbocycles. The van der Waals surface area contributed by atoms with E-state index in [1.807, 2.05) is 79.5 Å². The van der Waals surface area contributed by atoms with Gasteiger partial charge in [-0.25, -0.2) is 0 Å². The van der Waals surface area contributed by atoms with Crippen LogP contribution in [0.1, 0.15) is 11.3 Å². The van der Waals surface area contributed by atoms with Gasteiger partial charge in [0.05, 0.1) is 19.4 Å².